The summed E-state index contributed by atoms with van der Waals surface area (Å²) in [6, 6.07) is -0.627. The second kappa shape index (κ2) is 85.5. The van der Waals surface area contributed by atoms with Crippen LogP contribution in [0.4, 0.5) is 0 Å². The molecule has 2 atom stereocenters. The number of esters is 1. The minimum atomic E-state index is -0.844. The Bertz CT molecular complexity index is 1560. The lowest BCUT2D eigenvalue weighted by Gasteiger charge is -2.20. The molecule has 0 rings (SSSR count). The van der Waals surface area contributed by atoms with Gasteiger partial charge in [0.1, 0.15) is 0 Å². The van der Waals surface area contributed by atoms with Gasteiger partial charge in [-0.05, 0) is 64.2 Å². The van der Waals surface area contributed by atoms with Gasteiger partial charge in [-0.15, -0.1) is 0 Å². The van der Waals surface area contributed by atoms with E-state index in [1.165, 1.54) is 430 Å². The van der Waals surface area contributed by atoms with Crippen molar-refractivity contribution in [3.05, 3.63) is 36.5 Å². The summed E-state index contributed by atoms with van der Waals surface area (Å²) in [5.74, 6) is -0.0341. The van der Waals surface area contributed by atoms with Crippen LogP contribution >= 0.6 is 0 Å². The number of carbonyl (C=O) groups is 2. The molecular weight excluding hydrogens is 1170 g/mol. The van der Waals surface area contributed by atoms with Crippen LogP contribution in [0.1, 0.15) is 502 Å². The number of unbranched alkanes of at least 4 members (excludes halogenated alkanes) is 69. The Kier molecular flexibility index (Phi) is 83.8. The molecule has 0 spiro atoms. The Labute approximate surface area is 602 Å². The van der Waals surface area contributed by atoms with Gasteiger partial charge in [0, 0.05) is 12.8 Å². The monoisotopic (exact) mass is 1350 g/mol. The third-order valence-corrected chi connectivity index (χ3v) is 20.9. The number of amides is 1. The molecule has 568 valence electrons. The third-order valence-electron chi connectivity index (χ3n) is 20.9. The molecule has 0 fully saturated rings. The van der Waals surface area contributed by atoms with Gasteiger partial charge in [0.2, 0.25) is 5.91 Å². The van der Waals surface area contributed by atoms with Crippen LogP contribution < -0.4 is 5.32 Å². The van der Waals surface area contributed by atoms with Gasteiger partial charge in [-0.2, -0.15) is 0 Å². The van der Waals surface area contributed by atoms with Crippen molar-refractivity contribution in [3.63, 3.8) is 0 Å². The van der Waals surface area contributed by atoms with Gasteiger partial charge < -0.3 is 20.3 Å². The summed E-state index contributed by atoms with van der Waals surface area (Å²) in [5, 5.41) is 23.3. The summed E-state index contributed by atoms with van der Waals surface area (Å²) in [5.41, 5.74) is 0. The Balaban J connectivity index is 3.36. The van der Waals surface area contributed by atoms with Gasteiger partial charge in [0.05, 0.1) is 25.4 Å². The topological polar surface area (TPSA) is 95.9 Å². The van der Waals surface area contributed by atoms with Crippen LogP contribution in [0.2, 0.25) is 0 Å². The van der Waals surface area contributed by atoms with Gasteiger partial charge in [-0.25, -0.2) is 0 Å². The maximum absolute atomic E-state index is 12.6. The van der Waals surface area contributed by atoms with Crippen molar-refractivity contribution >= 4 is 11.9 Å². The first kappa shape index (κ1) is 94.1. The van der Waals surface area contributed by atoms with Crippen molar-refractivity contribution in [2.45, 2.75) is 514 Å². The molecule has 0 aromatic carbocycles. The zero-order valence-corrected chi connectivity index (χ0v) is 65.4. The van der Waals surface area contributed by atoms with Gasteiger partial charge >= 0.3 is 5.97 Å². The van der Waals surface area contributed by atoms with Crippen LogP contribution in [0.25, 0.3) is 0 Å². The van der Waals surface area contributed by atoms with Crippen molar-refractivity contribution in [1.29, 1.82) is 0 Å². The van der Waals surface area contributed by atoms with Crippen molar-refractivity contribution in [2.75, 3.05) is 13.2 Å². The largest absolute Gasteiger partial charge is 0.466 e. The Hall–Kier alpha value is -1.92. The molecule has 6 nitrogen and oxygen atoms in total. The number of hydrogen-bond donors (Lipinski definition) is 3. The summed E-state index contributed by atoms with van der Waals surface area (Å²) in [7, 11) is 0. The Morgan fingerprint density at radius 2 is 0.521 bits per heavy atom. The molecule has 0 aromatic heterocycles. The lowest BCUT2D eigenvalue weighted by molar-refractivity contribution is -0.143. The molecule has 0 heterocycles. The lowest BCUT2D eigenvalue weighted by Crippen LogP contribution is -2.45. The molecule has 0 saturated heterocycles. The zero-order valence-electron chi connectivity index (χ0n) is 65.4. The molecule has 0 aromatic rings. The van der Waals surface area contributed by atoms with Gasteiger partial charge in [0.25, 0.3) is 0 Å². The fourth-order valence-corrected chi connectivity index (χ4v) is 14.2. The predicted octanol–water partition coefficient (Wildman–Crippen LogP) is 29.7. The SMILES string of the molecule is CCCCCCCCCCCCCCCCCCCCCC/C=C/C(O)C(CO)NC(=O)CCCCCCCCCCCCCCCCCCC/C=C\C/C=C\CCCCCCCCCCCCCCCCCOC(=O)CCCCCCCCCCCCCCCCCCCC. The van der Waals surface area contributed by atoms with Crippen molar-refractivity contribution in [2.24, 2.45) is 0 Å². The molecule has 3 N–H and O–H groups in total. The zero-order chi connectivity index (χ0) is 69.1. The highest BCUT2D eigenvalue weighted by atomic mass is 16.5. The fourth-order valence-electron chi connectivity index (χ4n) is 14.2. The first-order valence-electron chi connectivity index (χ1n) is 44.3. The summed E-state index contributed by atoms with van der Waals surface area (Å²) in [6.07, 6.45) is 113. The highest BCUT2D eigenvalue weighted by molar-refractivity contribution is 5.76. The second-order valence-electron chi connectivity index (χ2n) is 30.6. The smallest absolute Gasteiger partial charge is 0.305 e. The van der Waals surface area contributed by atoms with Crippen LogP contribution in [0, 0.1) is 0 Å². The van der Waals surface area contributed by atoms with Crippen LogP contribution in [0.15, 0.2) is 36.5 Å². The van der Waals surface area contributed by atoms with Gasteiger partial charge in [-0.1, -0.05) is 461 Å². The maximum Gasteiger partial charge on any atom is 0.305 e. The maximum atomic E-state index is 12.6. The normalized spacial score (nSPS) is 12.6. The third kappa shape index (κ3) is 81.0. The fraction of sp³-hybridized carbons (Fsp3) is 0.911. The Morgan fingerprint density at radius 3 is 0.792 bits per heavy atom. The van der Waals surface area contributed by atoms with E-state index in [9.17, 15) is 19.8 Å². The van der Waals surface area contributed by atoms with E-state index in [2.05, 4.69) is 43.5 Å². The average Bonchev–Trinajstić information content (AvgIpc) is 2.31. The van der Waals surface area contributed by atoms with Crippen LogP contribution in [0.5, 0.6) is 0 Å². The lowest BCUT2D eigenvalue weighted by atomic mass is 10.0. The average molecular weight is 1350 g/mol. The Morgan fingerprint density at radius 1 is 0.292 bits per heavy atom. The number of rotatable bonds is 84. The summed E-state index contributed by atoms with van der Waals surface area (Å²) in [6.45, 7) is 4.97. The number of nitrogens with one attached hydrogen (secondary N) is 1. The van der Waals surface area contributed by atoms with Crippen molar-refractivity contribution in [1.82, 2.24) is 5.32 Å². The second-order valence-corrected chi connectivity index (χ2v) is 30.6. The van der Waals surface area contributed by atoms with E-state index >= 15 is 0 Å². The molecular formula is C90H173NO5. The molecule has 2 unspecified atom stereocenters. The first-order valence-corrected chi connectivity index (χ1v) is 44.3. The quantitative estimate of drug-likeness (QED) is 0.0320. The van der Waals surface area contributed by atoms with E-state index in [1.54, 1.807) is 6.08 Å². The van der Waals surface area contributed by atoms with E-state index in [0.29, 0.717) is 19.4 Å². The van der Waals surface area contributed by atoms with Crippen LogP contribution in [-0.2, 0) is 14.3 Å². The summed E-state index contributed by atoms with van der Waals surface area (Å²) < 4.78 is 5.52. The standard InChI is InChI=1S/C90H173NO5/c1-3-5-7-9-11-13-15-17-19-21-23-24-44-47-50-54-58-62-66-70-74-78-82-88(93)87(86-92)91-89(94)83-79-75-71-67-63-59-55-51-48-45-42-40-38-36-34-32-30-28-26-25-27-29-31-33-35-37-39-41-43-46-49-53-57-61-65-69-73-77-81-85-96-90(95)84-80-76-72-68-64-60-56-52-22-20-18-16-14-12-10-8-6-4-2/h25-26,29,31,78,82,87-88,92-93H,3-24,27-28,30,32-77,79-81,83-86H2,1-2H3,(H,91,94)/b26-25-,31-29-,82-78+. The molecule has 0 aliphatic heterocycles. The van der Waals surface area contributed by atoms with Crippen molar-refractivity contribution in [3.8, 4) is 0 Å². The minimum Gasteiger partial charge on any atom is -0.466 e. The summed E-state index contributed by atoms with van der Waals surface area (Å²) >= 11 is 0. The molecule has 1 amide bonds. The van der Waals surface area contributed by atoms with E-state index in [-0.39, 0.29) is 18.5 Å². The number of carbonyl (C=O) groups excluding carboxylic acids is 2. The van der Waals surface area contributed by atoms with Gasteiger partial charge in [0.15, 0.2) is 0 Å². The van der Waals surface area contributed by atoms with Crippen molar-refractivity contribution < 1.29 is 24.5 Å². The van der Waals surface area contributed by atoms with Crippen LogP contribution in [0.3, 0.4) is 0 Å². The molecule has 6 heteroatoms. The number of ether oxygens (including phenoxy) is 1. The molecule has 0 radical (unpaired) electrons. The highest BCUT2D eigenvalue weighted by Gasteiger charge is 2.18. The summed E-state index contributed by atoms with van der Waals surface area (Å²) in [4.78, 5) is 24.7. The highest BCUT2D eigenvalue weighted by Crippen LogP contribution is 2.21. The number of hydrogen-bond acceptors (Lipinski definition) is 5. The minimum absolute atomic E-state index is 0.0256. The molecule has 96 heavy (non-hydrogen) atoms. The van der Waals surface area contributed by atoms with E-state index in [0.717, 1.165) is 44.9 Å². The number of aliphatic hydroxyl groups excluding tert-OH is 2. The van der Waals surface area contributed by atoms with E-state index in [1.807, 2.05) is 6.08 Å². The number of allylic oxidation sites excluding steroid dienone is 5. The molecule has 0 aliphatic rings. The number of aliphatic hydroxyl groups is 2. The first-order chi connectivity index (χ1) is 47.5. The van der Waals surface area contributed by atoms with Gasteiger partial charge in [-0.3, -0.25) is 9.59 Å². The van der Waals surface area contributed by atoms with E-state index < -0.39 is 12.1 Å². The molecule has 0 bridgehead atoms. The van der Waals surface area contributed by atoms with E-state index in [4.69, 9.17) is 4.74 Å². The van der Waals surface area contributed by atoms with Crippen LogP contribution in [-0.4, -0.2) is 47.4 Å². The molecule has 0 saturated carbocycles. The molecule has 0 aliphatic carbocycles. The predicted molar refractivity (Wildman–Crippen MR) is 426 cm³/mol.